The van der Waals surface area contributed by atoms with E-state index in [1.165, 1.54) is 18.2 Å². The Bertz CT molecular complexity index is 587. The van der Waals surface area contributed by atoms with Crippen LogP contribution in [0.1, 0.15) is 24.2 Å². The third kappa shape index (κ3) is 5.13. The first-order valence-corrected chi connectivity index (χ1v) is 7.19. The number of carbonyl (C=O) groups excluding carboxylic acids is 1. The minimum absolute atomic E-state index is 0.104. The van der Waals surface area contributed by atoms with Gasteiger partial charge in [0.1, 0.15) is 5.69 Å². The topological polar surface area (TPSA) is 125 Å². The van der Waals surface area contributed by atoms with E-state index in [2.05, 4.69) is 10.6 Å². The molecule has 9 nitrogen and oxygen atoms in total. The van der Waals surface area contributed by atoms with Gasteiger partial charge in [0.25, 0.3) is 11.6 Å². The van der Waals surface area contributed by atoms with Gasteiger partial charge in [-0.2, -0.15) is 0 Å². The van der Waals surface area contributed by atoms with Crippen LogP contribution in [0.4, 0.5) is 16.2 Å². The number of amides is 2. The third-order valence-corrected chi connectivity index (χ3v) is 3.21. The number of nitrogens with one attached hydrogen (secondary N) is 2. The summed E-state index contributed by atoms with van der Waals surface area (Å²) in [5, 5.41) is 24.6. The van der Waals surface area contributed by atoms with Gasteiger partial charge in [0.05, 0.1) is 4.92 Å². The minimum Gasteiger partial charge on any atom is -0.465 e. The summed E-state index contributed by atoms with van der Waals surface area (Å²) < 4.78 is 0. The Morgan fingerprint density at radius 3 is 2.43 bits per heavy atom. The highest BCUT2D eigenvalue weighted by molar-refractivity contribution is 5.95. The minimum atomic E-state index is -1.17. The standard InChI is InChI=1S/C14H20N4O5/c1-3-17(4-2)13(19)10-5-6-11(12(9-10)18(22)23)15-7-8-16-14(20)21/h5-6,9,15-16H,3-4,7-8H2,1-2H3,(H,20,21). The Labute approximate surface area is 133 Å². The van der Waals surface area contributed by atoms with Crippen molar-refractivity contribution in [1.29, 1.82) is 0 Å². The second-order valence-corrected chi connectivity index (χ2v) is 4.63. The van der Waals surface area contributed by atoms with Crippen LogP contribution < -0.4 is 10.6 Å². The fourth-order valence-corrected chi connectivity index (χ4v) is 2.03. The van der Waals surface area contributed by atoms with Gasteiger partial charge in [-0.05, 0) is 26.0 Å². The SMILES string of the molecule is CCN(CC)C(=O)c1ccc(NCCNC(=O)O)c([N+](=O)[O-])c1. The second-order valence-electron chi connectivity index (χ2n) is 4.63. The zero-order valence-electron chi connectivity index (χ0n) is 13.0. The molecule has 0 aliphatic rings. The number of rotatable bonds is 8. The normalized spacial score (nSPS) is 10.0. The van der Waals surface area contributed by atoms with E-state index in [1.54, 1.807) is 4.90 Å². The Hall–Kier alpha value is -2.84. The lowest BCUT2D eigenvalue weighted by molar-refractivity contribution is -0.384. The predicted molar refractivity (Wildman–Crippen MR) is 84.9 cm³/mol. The van der Waals surface area contributed by atoms with Crippen molar-refractivity contribution < 1.29 is 19.6 Å². The van der Waals surface area contributed by atoms with E-state index in [-0.39, 0.29) is 35.9 Å². The predicted octanol–water partition coefficient (Wildman–Crippen LogP) is 1.76. The van der Waals surface area contributed by atoms with Crippen molar-refractivity contribution >= 4 is 23.4 Å². The lowest BCUT2D eigenvalue weighted by Gasteiger charge is -2.18. The number of hydrogen-bond donors (Lipinski definition) is 3. The number of benzene rings is 1. The number of carboxylic acid groups (broad SMARTS) is 1. The first-order valence-electron chi connectivity index (χ1n) is 7.19. The first kappa shape index (κ1) is 18.2. The van der Waals surface area contributed by atoms with Crippen LogP contribution in [0.15, 0.2) is 18.2 Å². The molecule has 0 aromatic heterocycles. The highest BCUT2D eigenvalue weighted by Gasteiger charge is 2.19. The van der Waals surface area contributed by atoms with Crippen molar-refractivity contribution in [3.8, 4) is 0 Å². The lowest BCUT2D eigenvalue weighted by Crippen LogP contribution is -2.30. The number of hydrogen-bond acceptors (Lipinski definition) is 5. The number of nitro groups is 1. The highest BCUT2D eigenvalue weighted by Crippen LogP contribution is 2.26. The lowest BCUT2D eigenvalue weighted by atomic mass is 10.1. The van der Waals surface area contributed by atoms with Gasteiger partial charge in [-0.1, -0.05) is 0 Å². The summed E-state index contributed by atoms with van der Waals surface area (Å²) >= 11 is 0. The molecule has 0 saturated carbocycles. The molecule has 0 saturated heterocycles. The molecule has 9 heteroatoms. The van der Waals surface area contributed by atoms with E-state index in [1.807, 2.05) is 13.8 Å². The van der Waals surface area contributed by atoms with Crippen molar-refractivity contribution in [3.63, 3.8) is 0 Å². The highest BCUT2D eigenvalue weighted by atomic mass is 16.6. The molecule has 3 N–H and O–H groups in total. The van der Waals surface area contributed by atoms with Crippen LogP contribution in [0, 0.1) is 10.1 Å². The molecule has 0 unspecified atom stereocenters. The Morgan fingerprint density at radius 1 is 1.26 bits per heavy atom. The maximum atomic E-state index is 12.2. The van der Waals surface area contributed by atoms with E-state index in [4.69, 9.17) is 5.11 Å². The fourth-order valence-electron chi connectivity index (χ4n) is 2.03. The summed E-state index contributed by atoms with van der Waals surface area (Å²) in [6, 6.07) is 4.20. The molecule has 0 atom stereocenters. The first-order chi connectivity index (χ1) is 10.9. The molecule has 0 heterocycles. The van der Waals surface area contributed by atoms with E-state index in [0.29, 0.717) is 13.1 Å². The summed E-state index contributed by atoms with van der Waals surface area (Å²) in [6.45, 7) is 5.00. The maximum Gasteiger partial charge on any atom is 0.404 e. The number of nitro benzene ring substituents is 1. The monoisotopic (exact) mass is 324 g/mol. The molecule has 2 amide bonds. The van der Waals surface area contributed by atoms with Gasteiger partial charge in [0.2, 0.25) is 0 Å². The summed E-state index contributed by atoms with van der Waals surface area (Å²) in [6.07, 6.45) is -1.17. The van der Waals surface area contributed by atoms with Crippen molar-refractivity contribution in [2.24, 2.45) is 0 Å². The fraction of sp³-hybridized carbons (Fsp3) is 0.429. The van der Waals surface area contributed by atoms with Gasteiger partial charge in [-0.25, -0.2) is 4.79 Å². The van der Waals surface area contributed by atoms with Crippen molar-refractivity contribution in [3.05, 3.63) is 33.9 Å². The van der Waals surface area contributed by atoms with Crippen LogP contribution in [0.3, 0.4) is 0 Å². The molecular formula is C14H20N4O5. The van der Waals surface area contributed by atoms with Crippen LogP contribution in [-0.4, -0.2) is 53.1 Å². The summed E-state index contributed by atoms with van der Waals surface area (Å²) in [7, 11) is 0. The van der Waals surface area contributed by atoms with Crippen molar-refractivity contribution in [2.45, 2.75) is 13.8 Å². The summed E-state index contributed by atoms with van der Waals surface area (Å²) in [5.41, 5.74) is 0.256. The second kappa shape index (κ2) is 8.57. The van der Waals surface area contributed by atoms with Gasteiger partial charge in [-0.3, -0.25) is 14.9 Å². The van der Waals surface area contributed by atoms with Crippen LogP contribution in [0.25, 0.3) is 0 Å². The van der Waals surface area contributed by atoms with Crippen LogP contribution in [0.5, 0.6) is 0 Å². The third-order valence-electron chi connectivity index (χ3n) is 3.21. The molecule has 0 radical (unpaired) electrons. The number of nitrogens with zero attached hydrogens (tertiary/aromatic N) is 2. The average Bonchev–Trinajstić information content (AvgIpc) is 2.52. The Balaban J connectivity index is 2.91. The molecule has 23 heavy (non-hydrogen) atoms. The molecule has 1 aromatic rings. The molecule has 1 rings (SSSR count). The Morgan fingerprint density at radius 2 is 1.91 bits per heavy atom. The van der Waals surface area contributed by atoms with Gasteiger partial charge in [-0.15, -0.1) is 0 Å². The molecular weight excluding hydrogens is 304 g/mol. The molecule has 0 spiro atoms. The van der Waals surface area contributed by atoms with Crippen molar-refractivity contribution in [2.75, 3.05) is 31.5 Å². The smallest absolute Gasteiger partial charge is 0.404 e. The zero-order chi connectivity index (χ0) is 17.4. The van der Waals surface area contributed by atoms with Gasteiger partial charge < -0.3 is 20.6 Å². The van der Waals surface area contributed by atoms with Gasteiger partial charge >= 0.3 is 6.09 Å². The number of anilines is 1. The van der Waals surface area contributed by atoms with Crippen LogP contribution >= 0.6 is 0 Å². The van der Waals surface area contributed by atoms with Crippen LogP contribution in [-0.2, 0) is 0 Å². The average molecular weight is 324 g/mol. The largest absolute Gasteiger partial charge is 0.465 e. The quantitative estimate of drug-likeness (QED) is 0.380. The number of carbonyl (C=O) groups is 2. The summed E-state index contributed by atoms with van der Waals surface area (Å²) in [5.74, 6) is -0.266. The maximum absolute atomic E-state index is 12.2. The van der Waals surface area contributed by atoms with Gasteiger partial charge in [0, 0.05) is 37.8 Å². The molecule has 0 bridgehead atoms. The van der Waals surface area contributed by atoms with E-state index in [0.717, 1.165) is 0 Å². The molecule has 0 aliphatic carbocycles. The Kier molecular flexibility index (Phi) is 6.78. The van der Waals surface area contributed by atoms with E-state index in [9.17, 15) is 19.7 Å². The van der Waals surface area contributed by atoms with E-state index < -0.39 is 11.0 Å². The molecule has 126 valence electrons. The van der Waals surface area contributed by atoms with Crippen LogP contribution in [0.2, 0.25) is 0 Å². The van der Waals surface area contributed by atoms with Crippen molar-refractivity contribution in [1.82, 2.24) is 10.2 Å². The molecule has 0 fully saturated rings. The molecule has 0 aliphatic heterocycles. The van der Waals surface area contributed by atoms with E-state index >= 15 is 0 Å². The summed E-state index contributed by atoms with van der Waals surface area (Å²) in [4.78, 5) is 34.7. The molecule has 1 aromatic carbocycles. The van der Waals surface area contributed by atoms with Gasteiger partial charge in [0.15, 0.2) is 0 Å². The zero-order valence-corrected chi connectivity index (χ0v) is 13.0.